The van der Waals surface area contributed by atoms with Crippen molar-refractivity contribution in [2.45, 2.75) is 16.8 Å². The van der Waals surface area contributed by atoms with Crippen molar-refractivity contribution >= 4 is 17.7 Å². The van der Waals surface area contributed by atoms with Crippen molar-refractivity contribution in [2.75, 3.05) is 0 Å². The van der Waals surface area contributed by atoms with Crippen LogP contribution in [0, 0.1) is 0 Å². The number of fused-ring (bicyclic) bond motifs is 1. The lowest BCUT2D eigenvalue weighted by atomic mass is 10.1. The number of hydrogen-bond acceptors (Lipinski definition) is 4. The van der Waals surface area contributed by atoms with Gasteiger partial charge in [0.2, 0.25) is 0 Å². The summed E-state index contributed by atoms with van der Waals surface area (Å²) >= 11 is 1.53. The summed E-state index contributed by atoms with van der Waals surface area (Å²) < 4.78 is 5.57. The van der Waals surface area contributed by atoms with Crippen molar-refractivity contribution in [3.63, 3.8) is 0 Å². The first-order valence-corrected chi connectivity index (χ1v) is 6.42. The first-order chi connectivity index (χ1) is 8.69. The highest BCUT2D eigenvalue weighted by atomic mass is 32.2. The molecule has 0 aliphatic carbocycles. The van der Waals surface area contributed by atoms with Crippen LogP contribution in [0.5, 0.6) is 0 Å². The number of esters is 1. The molecular weight excluding hydrogens is 246 g/mol. The summed E-state index contributed by atoms with van der Waals surface area (Å²) in [4.78, 5) is 16.3. The Balaban J connectivity index is 2.06. The molecule has 0 saturated carbocycles. The average Bonchev–Trinajstić information content (AvgIpc) is 2.40. The van der Waals surface area contributed by atoms with Gasteiger partial charge in [-0.05, 0) is 25.1 Å². The molecule has 1 aliphatic rings. The molecule has 1 unspecified atom stereocenters. The zero-order valence-corrected chi connectivity index (χ0v) is 10.6. The van der Waals surface area contributed by atoms with Gasteiger partial charge in [0, 0.05) is 22.9 Å². The third-order valence-corrected chi connectivity index (χ3v) is 4.17. The lowest BCUT2D eigenvalue weighted by molar-refractivity contribution is 0.0215. The average molecular weight is 257 g/mol. The maximum atomic E-state index is 12.0. The monoisotopic (exact) mass is 257 g/mol. The fourth-order valence-corrected chi connectivity index (χ4v) is 3.12. The molecule has 0 N–H and O–H groups in total. The van der Waals surface area contributed by atoms with E-state index in [1.165, 1.54) is 11.8 Å². The van der Waals surface area contributed by atoms with Crippen molar-refractivity contribution in [1.29, 1.82) is 0 Å². The first-order valence-electron chi connectivity index (χ1n) is 5.61. The van der Waals surface area contributed by atoms with Gasteiger partial charge in [0.25, 0.3) is 0 Å². The highest BCUT2D eigenvalue weighted by Gasteiger charge is 2.38. The van der Waals surface area contributed by atoms with Crippen molar-refractivity contribution in [2.24, 2.45) is 0 Å². The predicted molar refractivity (Wildman–Crippen MR) is 69.3 cm³/mol. The first kappa shape index (κ1) is 11.3. The van der Waals surface area contributed by atoms with Crippen molar-refractivity contribution < 1.29 is 9.53 Å². The third kappa shape index (κ3) is 1.78. The SMILES string of the molecule is CC1(c2cccnc2)OC(=O)c2ccccc2S1. The summed E-state index contributed by atoms with van der Waals surface area (Å²) in [6, 6.07) is 11.3. The quantitative estimate of drug-likeness (QED) is 0.735. The fourth-order valence-electron chi connectivity index (χ4n) is 1.94. The van der Waals surface area contributed by atoms with Crippen molar-refractivity contribution in [1.82, 2.24) is 4.98 Å². The molecule has 3 nitrogen and oxygen atoms in total. The van der Waals surface area contributed by atoms with Gasteiger partial charge in [0.05, 0.1) is 5.56 Å². The van der Waals surface area contributed by atoms with Crippen LogP contribution in [0.1, 0.15) is 22.8 Å². The van der Waals surface area contributed by atoms with Crippen LogP contribution >= 0.6 is 11.8 Å². The Morgan fingerprint density at radius 3 is 2.83 bits per heavy atom. The second-order valence-corrected chi connectivity index (χ2v) is 5.60. The summed E-state index contributed by atoms with van der Waals surface area (Å²) in [6.45, 7) is 1.89. The topological polar surface area (TPSA) is 39.2 Å². The second kappa shape index (κ2) is 4.14. The lowest BCUT2D eigenvalue weighted by Crippen LogP contribution is -2.30. The molecule has 4 heteroatoms. The van der Waals surface area contributed by atoms with Gasteiger partial charge in [-0.3, -0.25) is 4.98 Å². The fraction of sp³-hybridized carbons (Fsp3) is 0.143. The summed E-state index contributed by atoms with van der Waals surface area (Å²) in [6.07, 6.45) is 3.43. The highest BCUT2D eigenvalue weighted by Crippen LogP contribution is 2.47. The smallest absolute Gasteiger partial charge is 0.340 e. The molecule has 0 radical (unpaired) electrons. The minimum absolute atomic E-state index is 0.282. The summed E-state index contributed by atoms with van der Waals surface area (Å²) in [5, 5.41) is 0. The number of ether oxygens (including phenoxy) is 1. The van der Waals surface area contributed by atoms with Crippen LogP contribution in [0.4, 0.5) is 0 Å². The normalized spacial score (nSPS) is 22.2. The Morgan fingerprint density at radius 1 is 1.22 bits per heavy atom. The molecule has 1 aromatic carbocycles. The number of carbonyl (C=O) groups excluding carboxylic acids is 1. The zero-order valence-electron chi connectivity index (χ0n) is 9.79. The van der Waals surface area contributed by atoms with E-state index in [1.807, 2.05) is 37.3 Å². The van der Waals surface area contributed by atoms with Gasteiger partial charge in [0.1, 0.15) is 0 Å². The number of pyridine rings is 1. The van der Waals surface area contributed by atoms with Crippen molar-refractivity contribution in [3.8, 4) is 0 Å². The molecule has 18 heavy (non-hydrogen) atoms. The van der Waals surface area contributed by atoms with Crippen LogP contribution < -0.4 is 0 Å². The Kier molecular flexibility index (Phi) is 2.59. The zero-order chi connectivity index (χ0) is 12.6. The van der Waals surface area contributed by atoms with Gasteiger partial charge < -0.3 is 4.74 Å². The number of benzene rings is 1. The lowest BCUT2D eigenvalue weighted by Gasteiger charge is -2.33. The van der Waals surface area contributed by atoms with E-state index < -0.39 is 4.93 Å². The van der Waals surface area contributed by atoms with Gasteiger partial charge in [-0.2, -0.15) is 0 Å². The van der Waals surface area contributed by atoms with Crippen molar-refractivity contribution in [3.05, 3.63) is 59.9 Å². The van der Waals surface area contributed by atoms with E-state index in [2.05, 4.69) is 4.98 Å². The summed E-state index contributed by atoms with van der Waals surface area (Å²) in [5.74, 6) is -0.282. The number of carbonyl (C=O) groups is 1. The molecule has 0 bridgehead atoms. The van der Waals surface area contributed by atoms with Crippen LogP contribution in [0.2, 0.25) is 0 Å². The van der Waals surface area contributed by atoms with E-state index in [-0.39, 0.29) is 5.97 Å². The van der Waals surface area contributed by atoms with Crippen LogP contribution in [-0.2, 0) is 9.67 Å². The van der Waals surface area contributed by atoms with E-state index >= 15 is 0 Å². The maximum Gasteiger partial charge on any atom is 0.340 e. The number of hydrogen-bond donors (Lipinski definition) is 0. The maximum absolute atomic E-state index is 12.0. The van der Waals surface area contributed by atoms with Gasteiger partial charge in [0.15, 0.2) is 4.93 Å². The molecular formula is C14H11NO2S. The third-order valence-electron chi connectivity index (χ3n) is 2.89. The van der Waals surface area contributed by atoms with E-state index in [1.54, 1.807) is 18.5 Å². The molecule has 90 valence electrons. The molecule has 2 aromatic rings. The van der Waals surface area contributed by atoms with E-state index in [0.29, 0.717) is 5.56 Å². The summed E-state index contributed by atoms with van der Waals surface area (Å²) in [5.41, 5.74) is 1.52. The van der Waals surface area contributed by atoms with E-state index in [9.17, 15) is 4.79 Å². The van der Waals surface area contributed by atoms with Crippen LogP contribution in [0.15, 0.2) is 53.7 Å². The van der Waals surface area contributed by atoms with Gasteiger partial charge in [-0.1, -0.05) is 30.0 Å². The summed E-state index contributed by atoms with van der Waals surface area (Å²) in [7, 11) is 0. The number of thioether (sulfide) groups is 1. The molecule has 0 saturated heterocycles. The molecule has 2 heterocycles. The predicted octanol–water partition coefficient (Wildman–Crippen LogP) is 3.22. The number of aromatic nitrogens is 1. The Bertz CT molecular complexity index is 600. The standard InChI is InChI=1S/C14H11NO2S/c1-14(10-5-4-8-15-9-10)17-13(16)11-6-2-3-7-12(11)18-14/h2-9H,1H3. The largest absolute Gasteiger partial charge is 0.440 e. The number of rotatable bonds is 1. The molecule has 0 spiro atoms. The van der Waals surface area contributed by atoms with E-state index in [0.717, 1.165) is 10.5 Å². The van der Waals surface area contributed by atoms with Gasteiger partial charge >= 0.3 is 5.97 Å². The van der Waals surface area contributed by atoms with Gasteiger partial charge in [-0.25, -0.2) is 4.79 Å². The molecule has 3 rings (SSSR count). The Morgan fingerprint density at radius 2 is 2.06 bits per heavy atom. The highest BCUT2D eigenvalue weighted by molar-refractivity contribution is 8.00. The molecule has 1 aromatic heterocycles. The Hall–Kier alpha value is -1.81. The minimum Gasteiger partial charge on any atom is -0.440 e. The van der Waals surface area contributed by atoms with Crippen LogP contribution in [0.3, 0.4) is 0 Å². The molecule has 1 aliphatic heterocycles. The number of cyclic esters (lactones) is 1. The Labute approximate surface area is 109 Å². The number of nitrogens with zero attached hydrogens (tertiary/aromatic N) is 1. The van der Waals surface area contributed by atoms with Crippen LogP contribution in [-0.4, -0.2) is 11.0 Å². The molecule has 0 amide bonds. The van der Waals surface area contributed by atoms with Crippen LogP contribution in [0.25, 0.3) is 0 Å². The second-order valence-electron chi connectivity index (χ2n) is 4.18. The van der Waals surface area contributed by atoms with Gasteiger partial charge in [-0.15, -0.1) is 0 Å². The molecule has 1 atom stereocenters. The minimum atomic E-state index is -0.709. The molecule has 0 fully saturated rings. The van der Waals surface area contributed by atoms with E-state index in [4.69, 9.17) is 4.74 Å².